The van der Waals surface area contributed by atoms with E-state index in [-0.39, 0.29) is 5.75 Å². The van der Waals surface area contributed by atoms with Gasteiger partial charge in [-0.15, -0.1) is 0 Å². The number of pyridine rings is 2. The first-order valence-electron chi connectivity index (χ1n) is 10.4. The molecule has 0 saturated carbocycles. The van der Waals surface area contributed by atoms with E-state index in [1.54, 1.807) is 10.7 Å². The number of fused-ring (bicyclic) bond motifs is 2. The lowest BCUT2D eigenvalue weighted by atomic mass is 10.1. The maximum absolute atomic E-state index is 10.5. The summed E-state index contributed by atoms with van der Waals surface area (Å²) in [6.07, 6.45) is 3.07. The van der Waals surface area contributed by atoms with E-state index in [0.29, 0.717) is 17.6 Å². The fourth-order valence-corrected chi connectivity index (χ4v) is 4.29. The number of phenolic OH excluding ortho intramolecular Hbond substituents is 1. The Balaban J connectivity index is 1.45. The molecule has 1 aliphatic heterocycles. The molecular weight excluding hydrogens is 376 g/mol. The van der Waals surface area contributed by atoms with Crippen LogP contribution in [0.15, 0.2) is 42.6 Å². The molecule has 0 radical (unpaired) electrons. The number of benzene rings is 1. The summed E-state index contributed by atoms with van der Waals surface area (Å²) >= 11 is 0. The minimum absolute atomic E-state index is 0.179. The molecule has 30 heavy (non-hydrogen) atoms. The van der Waals surface area contributed by atoms with Gasteiger partial charge < -0.3 is 15.3 Å². The summed E-state index contributed by atoms with van der Waals surface area (Å²) in [6.45, 7) is 6.35. The van der Waals surface area contributed by atoms with Crippen LogP contribution in [0, 0.1) is 0 Å². The number of hydrogen-bond acceptors (Lipinski definition) is 6. The molecule has 1 saturated heterocycles. The second-order valence-electron chi connectivity index (χ2n) is 8.39. The van der Waals surface area contributed by atoms with Crippen LogP contribution in [0.2, 0.25) is 0 Å². The molecule has 4 heterocycles. The van der Waals surface area contributed by atoms with Crippen molar-refractivity contribution >= 4 is 27.8 Å². The van der Waals surface area contributed by atoms with Gasteiger partial charge in [0, 0.05) is 55.4 Å². The lowest BCUT2D eigenvalue weighted by molar-refractivity contribution is 0.478. The average molecular weight is 403 g/mol. The minimum Gasteiger partial charge on any atom is -0.507 e. The molecule has 3 aromatic heterocycles. The van der Waals surface area contributed by atoms with E-state index < -0.39 is 0 Å². The molecule has 1 atom stereocenters. The Morgan fingerprint density at radius 3 is 2.70 bits per heavy atom. The van der Waals surface area contributed by atoms with Crippen molar-refractivity contribution in [1.82, 2.24) is 25.1 Å². The van der Waals surface area contributed by atoms with Crippen LogP contribution in [0.3, 0.4) is 0 Å². The van der Waals surface area contributed by atoms with E-state index in [1.165, 1.54) is 0 Å². The van der Waals surface area contributed by atoms with Crippen LogP contribution in [-0.2, 0) is 7.05 Å². The van der Waals surface area contributed by atoms with Gasteiger partial charge in [0.1, 0.15) is 11.6 Å². The Bertz CT molecular complexity index is 1230. The first-order chi connectivity index (χ1) is 14.5. The van der Waals surface area contributed by atoms with Gasteiger partial charge >= 0.3 is 0 Å². The first kappa shape index (κ1) is 18.8. The van der Waals surface area contributed by atoms with E-state index in [9.17, 15) is 5.11 Å². The van der Waals surface area contributed by atoms with Gasteiger partial charge in [-0.25, -0.2) is 9.97 Å². The quantitative estimate of drug-likeness (QED) is 0.544. The number of aryl methyl sites for hydroxylation is 1. The van der Waals surface area contributed by atoms with Gasteiger partial charge in [0.2, 0.25) is 0 Å². The summed E-state index contributed by atoms with van der Waals surface area (Å²) in [5, 5.41) is 19.4. The summed E-state index contributed by atoms with van der Waals surface area (Å²) in [5.41, 5.74) is 3.87. The van der Waals surface area contributed by atoms with Crippen molar-refractivity contribution in [2.45, 2.75) is 32.4 Å². The van der Waals surface area contributed by atoms with Crippen LogP contribution in [-0.4, -0.2) is 50.0 Å². The summed E-state index contributed by atoms with van der Waals surface area (Å²) in [4.78, 5) is 11.9. The van der Waals surface area contributed by atoms with Gasteiger partial charge in [0.15, 0.2) is 0 Å². The normalized spacial score (nSPS) is 16.9. The van der Waals surface area contributed by atoms with Crippen molar-refractivity contribution in [3.8, 4) is 17.0 Å². The van der Waals surface area contributed by atoms with Crippen molar-refractivity contribution in [3.63, 3.8) is 0 Å². The largest absolute Gasteiger partial charge is 0.507 e. The first-order valence-corrected chi connectivity index (χ1v) is 10.4. The number of hydrogen-bond donors (Lipinski definition) is 2. The van der Waals surface area contributed by atoms with Gasteiger partial charge in [0.25, 0.3) is 0 Å². The maximum Gasteiger partial charge on any atom is 0.129 e. The standard InChI is InChI=1S/C23H26N6O/c1-14(2)24-16-8-9-29(13-16)23-7-6-19-20(26-23)5-4-18(25-19)17-10-15-12-28(3)27-21(15)11-22(17)30/h4-7,10-12,14,16,24,30H,8-9,13H2,1-3H3. The van der Waals surface area contributed by atoms with E-state index in [2.05, 4.69) is 29.2 Å². The van der Waals surface area contributed by atoms with E-state index in [1.807, 2.05) is 43.6 Å². The number of aromatic hydroxyl groups is 1. The molecule has 0 spiro atoms. The number of nitrogens with zero attached hydrogens (tertiary/aromatic N) is 5. The Morgan fingerprint density at radius 2 is 1.87 bits per heavy atom. The van der Waals surface area contributed by atoms with Crippen LogP contribution < -0.4 is 10.2 Å². The Kier molecular flexibility index (Phi) is 4.55. The Labute approximate surface area is 175 Å². The molecule has 1 aliphatic rings. The van der Waals surface area contributed by atoms with E-state index >= 15 is 0 Å². The molecular formula is C23H26N6O. The third-order valence-electron chi connectivity index (χ3n) is 5.62. The molecule has 1 fully saturated rings. The molecule has 5 rings (SSSR count). The van der Waals surface area contributed by atoms with Crippen LogP contribution in [0.1, 0.15) is 20.3 Å². The van der Waals surface area contributed by atoms with Gasteiger partial charge in [-0.2, -0.15) is 5.10 Å². The predicted molar refractivity (Wildman–Crippen MR) is 120 cm³/mol. The number of rotatable bonds is 4. The fourth-order valence-electron chi connectivity index (χ4n) is 4.29. The van der Waals surface area contributed by atoms with Crippen LogP contribution in [0.4, 0.5) is 5.82 Å². The summed E-state index contributed by atoms with van der Waals surface area (Å²) in [6, 6.07) is 12.6. The lowest BCUT2D eigenvalue weighted by Crippen LogP contribution is -2.37. The average Bonchev–Trinajstić information content (AvgIpc) is 3.31. The van der Waals surface area contributed by atoms with Gasteiger partial charge in [-0.05, 0) is 36.8 Å². The monoisotopic (exact) mass is 402 g/mol. The topological polar surface area (TPSA) is 79.1 Å². The van der Waals surface area contributed by atoms with Crippen molar-refractivity contribution in [3.05, 3.63) is 42.6 Å². The fraction of sp³-hybridized carbons (Fsp3) is 0.348. The molecule has 0 aliphatic carbocycles. The highest BCUT2D eigenvalue weighted by molar-refractivity contribution is 5.88. The molecule has 2 N–H and O–H groups in total. The molecule has 1 aromatic carbocycles. The summed E-state index contributed by atoms with van der Waals surface area (Å²) in [5.74, 6) is 1.17. The van der Waals surface area contributed by atoms with Crippen molar-refractivity contribution in [2.24, 2.45) is 7.05 Å². The van der Waals surface area contributed by atoms with Crippen LogP contribution in [0.5, 0.6) is 5.75 Å². The van der Waals surface area contributed by atoms with Crippen molar-refractivity contribution in [2.75, 3.05) is 18.0 Å². The van der Waals surface area contributed by atoms with Crippen LogP contribution >= 0.6 is 0 Å². The van der Waals surface area contributed by atoms with Gasteiger partial charge in [-0.3, -0.25) is 4.68 Å². The van der Waals surface area contributed by atoms with Crippen molar-refractivity contribution in [1.29, 1.82) is 0 Å². The number of aromatic nitrogens is 4. The molecule has 154 valence electrons. The molecule has 4 aromatic rings. The SMILES string of the molecule is CC(C)NC1CCN(c2ccc3nc(-c4cc5cn(C)nc5cc4O)ccc3n2)C1. The predicted octanol–water partition coefficient (Wildman–Crippen LogP) is 3.47. The lowest BCUT2D eigenvalue weighted by Gasteiger charge is -2.19. The van der Waals surface area contributed by atoms with Gasteiger partial charge in [-0.1, -0.05) is 13.8 Å². The molecule has 1 unspecified atom stereocenters. The molecule has 7 heteroatoms. The van der Waals surface area contributed by atoms with Crippen LogP contribution in [0.25, 0.3) is 33.2 Å². The third-order valence-corrected chi connectivity index (χ3v) is 5.62. The van der Waals surface area contributed by atoms with Crippen molar-refractivity contribution < 1.29 is 5.11 Å². The number of anilines is 1. The number of phenols is 1. The van der Waals surface area contributed by atoms with Gasteiger partial charge in [0.05, 0.1) is 22.2 Å². The minimum atomic E-state index is 0.179. The highest BCUT2D eigenvalue weighted by Crippen LogP contribution is 2.33. The summed E-state index contributed by atoms with van der Waals surface area (Å²) < 4.78 is 1.74. The summed E-state index contributed by atoms with van der Waals surface area (Å²) in [7, 11) is 1.87. The smallest absolute Gasteiger partial charge is 0.129 e. The third kappa shape index (κ3) is 3.45. The Morgan fingerprint density at radius 1 is 1.07 bits per heavy atom. The maximum atomic E-state index is 10.5. The van der Waals surface area contributed by atoms with E-state index in [4.69, 9.17) is 9.97 Å². The second kappa shape index (κ2) is 7.25. The highest BCUT2D eigenvalue weighted by Gasteiger charge is 2.24. The highest BCUT2D eigenvalue weighted by atomic mass is 16.3. The molecule has 0 bridgehead atoms. The Hall–Kier alpha value is -3.19. The zero-order chi connectivity index (χ0) is 20.8. The zero-order valence-electron chi connectivity index (χ0n) is 17.5. The molecule has 0 amide bonds. The van der Waals surface area contributed by atoms with E-state index in [0.717, 1.165) is 53.0 Å². The number of nitrogens with one attached hydrogen (secondary N) is 1. The zero-order valence-corrected chi connectivity index (χ0v) is 17.5. The molecule has 7 nitrogen and oxygen atoms in total. The second-order valence-corrected chi connectivity index (χ2v) is 8.39.